The second-order valence-electron chi connectivity index (χ2n) is 5.34. The van der Waals surface area contributed by atoms with Crippen LogP contribution in [-0.2, 0) is 4.79 Å². The number of halogens is 2. The summed E-state index contributed by atoms with van der Waals surface area (Å²) in [7, 11) is 0. The normalized spacial score (nSPS) is 15.3. The first kappa shape index (κ1) is 18.1. The Bertz CT molecular complexity index is 650. The molecule has 8 heteroatoms. The van der Waals surface area contributed by atoms with Crippen molar-refractivity contribution in [3.63, 3.8) is 0 Å². The largest absolute Gasteiger partial charge is 0.340 e. The maximum Gasteiger partial charge on any atom is 0.253 e. The quantitative estimate of drug-likeness (QED) is 0.851. The molecule has 0 fully saturated rings. The van der Waals surface area contributed by atoms with Crippen molar-refractivity contribution in [1.29, 1.82) is 0 Å². The topological polar surface area (TPSA) is 70.6 Å². The van der Waals surface area contributed by atoms with E-state index >= 15 is 0 Å². The van der Waals surface area contributed by atoms with E-state index in [0.29, 0.717) is 16.7 Å². The first-order valence-electron chi connectivity index (χ1n) is 7.12. The molecule has 1 heterocycles. The highest BCUT2D eigenvalue weighted by Gasteiger charge is 2.27. The number of hydrogen-bond donors (Lipinski definition) is 2. The van der Waals surface area contributed by atoms with Crippen LogP contribution in [0.4, 0.5) is 0 Å². The predicted molar refractivity (Wildman–Crippen MR) is 95.5 cm³/mol. The lowest BCUT2D eigenvalue weighted by molar-refractivity contribution is -0.122. The molecule has 1 aliphatic rings. The van der Waals surface area contributed by atoms with Gasteiger partial charge in [0.25, 0.3) is 5.91 Å². The van der Waals surface area contributed by atoms with Crippen LogP contribution in [-0.4, -0.2) is 35.3 Å². The molecule has 0 aromatic heterocycles. The Balaban J connectivity index is 2.09. The molecule has 1 aromatic rings. The van der Waals surface area contributed by atoms with Gasteiger partial charge in [-0.2, -0.15) is 0 Å². The van der Waals surface area contributed by atoms with Crippen LogP contribution in [0.15, 0.2) is 23.2 Å². The average Bonchev–Trinajstić information content (AvgIpc) is 2.96. The Morgan fingerprint density at radius 3 is 2.61 bits per heavy atom. The molecule has 1 atom stereocenters. The van der Waals surface area contributed by atoms with E-state index in [0.717, 1.165) is 5.75 Å². The highest BCUT2D eigenvalue weighted by atomic mass is 35.5. The molecule has 1 aromatic carbocycles. The van der Waals surface area contributed by atoms with Crippen molar-refractivity contribution in [2.24, 2.45) is 10.9 Å². The Morgan fingerprint density at radius 1 is 1.30 bits per heavy atom. The molecule has 23 heavy (non-hydrogen) atoms. The lowest BCUT2D eigenvalue weighted by Crippen LogP contribution is -2.50. The van der Waals surface area contributed by atoms with E-state index < -0.39 is 11.9 Å². The number of benzene rings is 1. The van der Waals surface area contributed by atoms with Crippen LogP contribution >= 0.6 is 35.0 Å². The highest BCUT2D eigenvalue weighted by molar-refractivity contribution is 8.14. The number of nitrogens with one attached hydrogen (secondary N) is 2. The molecule has 1 aliphatic heterocycles. The SMILES string of the molecule is CC(C)C(NC(=O)c1ccc(Cl)cc1Cl)C(=O)NC1=NCCS1. The fraction of sp³-hybridized carbons (Fsp3) is 0.400. The predicted octanol–water partition coefficient (Wildman–Crippen LogP) is 2.97. The molecule has 0 aliphatic carbocycles. The van der Waals surface area contributed by atoms with Crippen LogP contribution in [0.3, 0.4) is 0 Å². The summed E-state index contributed by atoms with van der Waals surface area (Å²) in [5.41, 5.74) is 0.280. The Kier molecular flexibility index (Phi) is 6.33. The summed E-state index contributed by atoms with van der Waals surface area (Å²) in [6, 6.07) is 3.92. The van der Waals surface area contributed by atoms with Gasteiger partial charge in [0.15, 0.2) is 5.17 Å². The van der Waals surface area contributed by atoms with E-state index in [-0.39, 0.29) is 22.4 Å². The minimum absolute atomic E-state index is 0.0861. The zero-order valence-corrected chi connectivity index (χ0v) is 15.1. The van der Waals surface area contributed by atoms with Gasteiger partial charge in [0.1, 0.15) is 6.04 Å². The van der Waals surface area contributed by atoms with E-state index in [2.05, 4.69) is 15.6 Å². The van der Waals surface area contributed by atoms with Gasteiger partial charge < -0.3 is 10.6 Å². The van der Waals surface area contributed by atoms with Crippen molar-refractivity contribution >= 4 is 51.9 Å². The maximum atomic E-state index is 12.4. The van der Waals surface area contributed by atoms with Crippen LogP contribution in [0.5, 0.6) is 0 Å². The summed E-state index contributed by atoms with van der Waals surface area (Å²) < 4.78 is 0. The van der Waals surface area contributed by atoms with E-state index in [1.807, 2.05) is 13.8 Å². The van der Waals surface area contributed by atoms with E-state index in [4.69, 9.17) is 23.2 Å². The third-order valence-corrected chi connectivity index (χ3v) is 4.67. The summed E-state index contributed by atoms with van der Waals surface area (Å²) in [4.78, 5) is 28.9. The van der Waals surface area contributed by atoms with Crippen LogP contribution in [0.25, 0.3) is 0 Å². The monoisotopic (exact) mass is 373 g/mol. The molecular weight excluding hydrogens is 357 g/mol. The Hall–Kier alpha value is -1.24. The van der Waals surface area contributed by atoms with Crippen molar-refractivity contribution in [1.82, 2.24) is 10.6 Å². The molecule has 124 valence electrons. The van der Waals surface area contributed by atoms with E-state index in [1.165, 1.54) is 23.9 Å². The number of carbonyl (C=O) groups excluding carboxylic acids is 2. The molecule has 0 saturated heterocycles. The second-order valence-corrected chi connectivity index (χ2v) is 7.27. The second kappa shape index (κ2) is 8.04. The molecular formula is C15H17Cl2N3O2S. The van der Waals surface area contributed by atoms with Crippen molar-refractivity contribution in [3.8, 4) is 0 Å². The number of carbonyl (C=O) groups is 2. The number of rotatable bonds is 4. The van der Waals surface area contributed by atoms with Crippen LogP contribution in [0.1, 0.15) is 24.2 Å². The minimum Gasteiger partial charge on any atom is -0.340 e. The number of thioether (sulfide) groups is 1. The number of nitrogens with zero attached hydrogens (tertiary/aromatic N) is 1. The van der Waals surface area contributed by atoms with Gasteiger partial charge >= 0.3 is 0 Å². The molecule has 5 nitrogen and oxygen atoms in total. The fourth-order valence-electron chi connectivity index (χ4n) is 2.02. The van der Waals surface area contributed by atoms with Crippen molar-refractivity contribution < 1.29 is 9.59 Å². The third kappa shape index (κ3) is 4.86. The number of amides is 2. The van der Waals surface area contributed by atoms with Crippen LogP contribution in [0.2, 0.25) is 10.0 Å². The first-order chi connectivity index (χ1) is 10.9. The van der Waals surface area contributed by atoms with Gasteiger partial charge in [-0.1, -0.05) is 48.8 Å². The van der Waals surface area contributed by atoms with Gasteiger partial charge in [0.05, 0.1) is 17.1 Å². The zero-order valence-electron chi connectivity index (χ0n) is 12.7. The Labute approximate surface area is 149 Å². The van der Waals surface area contributed by atoms with Gasteiger partial charge in [-0.15, -0.1) is 0 Å². The van der Waals surface area contributed by atoms with Gasteiger partial charge in [-0.05, 0) is 24.1 Å². The molecule has 0 spiro atoms. The van der Waals surface area contributed by atoms with Crippen molar-refractivity contribution in [2.45, 2.75) is 19.9 Å². The third-order valence-electron chi connectivity index (χ3n) is 3.23. The summed E-state index contributed by atoms with van der Waals surface area (Å²) in [5, 5.41) is 6.76. The molecule has 0 saturated carbocycles. The summed E-state index contributed by atoms with van der Waals surface area (Å²) in [6.07, 6.45) is 0. The number of aliphatic imine (C=N–C) groups is 1. The molecule has 2 N–H and O–H groups in total. The highest BCUT2D eigenvalue weighted by Crippen LogP contribution is 2.21. The molecule has 2 amide bonds. The molecule has 1 unspecified atom stereocenters. The van der Waals surface area contributed by atoms with Gasteiger partial charge in [0, 0.05) is 10.8 Å². The Morgan fingerprint density at radius 2 is 2.04 bits per heavy atom. The van der Waals surface area contributed by atoms with Gasteiger partial charge in [0.2, 0.25) is 5.91 Å². The number of amidine groups is 1. The lowest BCUT2D eigenvalue weighted by Gasteiger charge is -2.21. The fourth-order valence-corrected chi connectivity index (χ4v) is 3.25. The standard InChI is InChI=1S/C15H17Cl2N3O2S/c1-8(2)12(14(22)20-15-18-5-6-23-15)19-13(21)10-4-3-9(16)7-11(10)17/h3-4,7-8,12H,5-6H2,1-2H3,(H,19,21)(H,18,20,22). The van der Waals surface area contributed by atoms with E-state index in [9.17, 15) is 9.59 Å². The first-order valence-corrected chi connectivity index (χ1v) is 8.86. The molecule has 0 bridgehead atoms. The average molecular weight is 374 g/mol. The smallest absolute Gasteiger partial charge is 0.253 e. The maximum absolute atomic E-state index is 12.4. The summed E-state index contributed by atoms with van der Waals surface area (Å²) in [5.74, 6) is 0.0690. The minimum atomic E-state index is -0.682. The molecule has 2 rings (SSSR count). The zero-order chi connectivity index (χ0) is 17.0. The van der Waals surface area contributed by atoms with Gasteiger partial charge in [-0.25, -0.2) is 0 Å². The van der Waals surface area contributed by atoms with E-state index in [1.54, 1.807) is 6.07 Å². The van der Waals surface area contributed by atoms with Crippen molar-refractivity contribution in [3.05, 3.63) is 33.8 Å². The number of hydrogen-bond acceptors (Lipinski definition) is 4. The van der Waals surface area contributed by atoms with Crippen molar-refractivity contribution in [2.75, 3.05) is 12.3 Å². The van der Waals surface area contributed by atoms with Crippen LogP contribution in [0, 0.1) is 5.92 Å². The lowest BCUT2D eigenvalue weighted by atomic mass is 10.0. The van der Waals surface area contributed by atoms with Gasteiger partial charge in [-0.3, -0.25) is 14.6 Å². The van der Waals surface area contributed by atoms with Crippen LogP contribution < -0.4 is 10.6 Å². The summed E-state index contributed by atoms with van der Waals surface area (Å²) >= 11 is 13.4. The summed E-state index contributed by atoms with van der Waals surface area (Å²) in [6.45, 7) is 4.41. The molecule has 0 radical (unpaired) electrons.